The minimum absolute atomic E-state index is 0.298. The number of anilines is 1. The SMILES string of the molecule is COc1ccc(Br)c(-c2nc(N3CCC(N)CC3)n[nH]2)c1. The molecule has 1 fully saturated rings. The number of ether oxygens (including phenoxy) is 1. The van der Waals surface area contributed by atoms with Gasteiger partial charge in [-0.25, -0.2) is 0 Å². The summed E-state index contributed by atoms with van der Waals surface area (Å²) in [5.41, 5.74) is 6.86. The lowest BCUT2D eigenvalue weighted by molar-refractivity contribution is 0.415. The van der Waals surface area contributed by atoms with E-state index in [-0.39, 0.29) is 0 Å². The third kappa shape index (κ3) is 3.03. The molecule has 1 aliphatic heterocycles. The smallest absolute Gasteiger partial charge is 0.245 e. The summed E-state index contributed by atoms with van der Waals surface area (Å²) in [5.74, 6) is 2.24. The Kier molecular flexibility index (Phi) is 4.12. The number of aromatic nitrogens is 3. The highest BCUT2D eigenvalue weighted by Crippen LogP contribution is 2.30. The van der Waals surface area contributed by atoms with Crippen molar-refractivity contribution in [2.45, 2.75) is 18.9 Å². The Morgan fingerprint density at radius 1 is 1.38 bits per heavy atom. The number of hydrogen-bond acceptors (Lipinski definition) is 5. The molecule has 1 aromatic heterocycles. The van der Waals surface area contributed by atoms with Gasteiger partial charge in [-0.1, -0.05) is 15.9 Å². The van der Waals surface area contributed by atoms with Gasteiger partial charge < -0.3 is 15.4 Å². The lowest BCUT2D eigenvalue weighted by Gasteiger charge is -2.28. The molecule has 0 unspecified atom stereocenters. The van der Waals surface area contributed by atoms with Crippen LogP contribution in [0.25, 0.3) is 11.4 Å². The molecular weight excluding hydrogens is 334 g/mol. The van der Waals surface area contributed by atoms with E-state index in [9.17, 15) is 0 Å². The fourth-order valence-corrected chi connectivity index (χ4v) is 2.86. The molecule has 1 aliphatic rings. The molecule has 2 heterocycles. The molecule has 21 heavy (non-hydrogen) atoms. The standard InChI is InChI=1S/C14H18BrN5O/c1-21-10-2-3-12(15)11(8-10)13-17-14(19-18-13)20-6-4-9(16)5-7-20/h2-3,8-9H,4-7,16H2,1H3,(H,17,18,19). The van der Waals surface area contributed by atoms with Crippen LogP contribution in [0.1, 0.15) is 12.8 Å². The van der Waals surface area contributed by atoms with E-state index in [1.54, 1.807) is 7.11 Å². The van der Waals surface area contributed by atoms with E-state index >= 15 is 0 Å². The zero-order valence-corrected chi connectivity index (χ0v) is 13.4. The molecule has 0 atom stereocenters. The Balaban J connectivity index is 1.85. The molecule has 0 spiro atoms. The molecule has 1 saturated heterocycles. The van der Waals surface area contributed by atoms with Crippen molar-refractivity contribution in [2.75, 3.05) is 25.1 Å². The van der Waals surface area contributed by atoms with Crippen LogP contribution in [0.3, 0.4) is 0 Å². The number of nitrogens with zero attached hydrogens (tertiary/aromatic N) is 3. The summed E-state index contributed by atoms with van der Waals surface area (Å²) in [6.45, 7) is 1.80. The van der Waals surface area contributed by atoms with Crippen molar-refractivity contribution in [1.82, 2.24) is 15.2 Å². The van der Waals surface area contributed by atoms with Gasteiger partial charge in [-0.05, 0) is 31.0 Å². The van der Waals surface area contributed by atoms with Crippen molar-refractivity contribution >= 4 is 21.9 Å². The average molecular weight is 352 g/mol. The molecular formula is C14H18BrN5O. The molecule has 0 bridgehead atoms. The Labute approximate surface area is 131 Å². The molecule has 112 valence electrons. The topological polar surface area (TPSA) is 80.1 Å². The first-order chi connectivity index (χ1) is 10.2. The summed E-state index contributed by atoms with van der Waals surface area (Å²) in [6.07, 6.45) is 1.96. The fourth-order valence-electron chi connectivity index (χ4n) is 2.43. The van der Waals surface area contributed by atoms with E-state index in [1.807, 2.05) is 18.2 Å². The second kappa shape index (κ2) is 6.03. The molecule has 7 heteroatoms. The second-order valence-electron chi connectivity index (χ2n) is 5.15. The van der Waals surface area contributed by atoms with Gasteiger partial charge >= 0.3 is 0 Å². The maximum atomic E-state index is 5.93. The van der Waals surface area contributed by atoms with Crippen LogP contribution in [-0.2, 0) is 0 Å². The Morgan fingerprint density at radius 2 is 2.14 bits per heavy atom. The first kappa shape index (κ1) is 14.3. The first-order valence-electron chi connectivity index (χ1n) is 6.94. The Morgan fingerprint density at radius 3 is 2.86 bits per heavy atom. The van der Waals surface area contributed by atoms with E-state index in [0.717, 1.165) is 53.5 Å². The second-order valence-corrected chi connectivity index (χ2v) is 6.01. The van der Waals surface area contributed by atoms with E-state index in [2.05, 4.69) is 36.0 Å². The maximum absolute atomic E-state index is 5.93. The van der Waals surface area contributed by atoms with Crippen LogP contribution in [0.2, 0.25) is 0 Å². The van der Waals surface area contributed by atoms with Gasteiger partial charge in [-0.15, -0.1) is 5.10 Å². The van der Waals surface area contributed by atoms with Crippen LogP contribution in [-0.4, -0.2) is 41.4 Å². The summed E-state index contributed by atoms with van der Waals surface area (Å²) >= 11 is 3.54. The molecule has 1 aromatic carbocycles. The lowest BCUT2D eigenvalue weighted by atomic mass is 10.1. The van der Waals surface area contributed by atoms with Crippen LogP contribution >= 0.6 is 15.9 Å². The molecule has 0 aliphatic carbocycles. The summed E-state index contributed by atoms with van der Waals surface area (Å²) in [7, 11) is 1.65. The maximum Gasteiger partial charge on any atom is 0.245 e. The number of H-pyrrole nitrogens is 1. The van der Waals surface area contributed by atoms with Crippen molar-refractivity contribution in [2.24, 2.45) is 5.73 Å². The monoisotopic (exact) mass is 351 g/mol. The third-order valence-electron chi connectivity index (χ3n) is 3.72. The van der Waals surface area contributed by atoms with E-state index < -0.39 is 0 Å². The van der Waals surface area contributed by atoms with E-state index in [4.69, 9.17) is 10.5 Å². The molecule has 3 N–H and O–H groups in total. The quantitative estimate of drug-likeness (QED) is 0.885. The molecule has 2 aromatic rings. The number of nitrogens with two attached hydrogens (primary N) is 1. The van der Waals surface area contributed by atoms with Crippen molar-refractivity contribution < 1.29 is 4.74 Å². The highest BCUT2D eigenvalue weighted by atomic mass is 79.9. The van der Waals surface area contributed by atoms with Gasteiger partial charge in [0.05, 0.1) is 7.11 Å². The van der Waals surface area contributed by atoms with Gasteiger partial charge in [0, 0.05) is 29.2 Å². The number of halogens is 1. The van der Waals surface area contributed by atoms with Crippen molar-refractivity contribution in [3.63, 3.8) is 0 Å². The number of nitrogens with one attached hydrogen (secondary N) is 1. The Hall–Kier alpha value is -1.60. The van der Waals surface area contributed by atoms with Crippen LogP contribution in [0, 0.1) is 0 Å². The minimum atomic E-state index is 0.298. The van der Waals surface area contributed by atoms with Crippen LogP contribution in [0.4, 0.5) is 5.95 Å². The number of aromatic amines is 1. The summed E-state index contributed by atoms with van der Waals surface area (Å²) in [5, 5.41) is 7.33. The molecule has 0 saturated carbocycles. The largest absolute Gasteiger partial charge is 0.497 e. The van der Waals surface area contributed by atoms with Crippen molar-refractivity contribution in [3.8, 4) is 17.1 Å². The molecule has 0 radical (unpaired) electrons. The summed E-state index contributed by atoms with van der Waals surface area (Å²) in [4.78, 5) is 6.76. The van der Waals surface area contributed by atoms with Crippen molar-refractivity contribution in [1.29, 1.82) is 0 Å². The van der Waals surface area contributed by atoms with Crippen molar-refractivity contribution in [3.05, 3.63) is 22.7 Å². The van der Waals surface area contributed by atoms with Gasteiger partial charge in [0.15, 0.2) is 5.82 Å². The van der Waals surface area contributed by atoms with E-state index in [1.165, 1.54) is 0 Å². The van der Waals surface area contributed by atoms with Crippen LogP contribution in [0.5, 0.6) is 5.75 Å². The summed E-state index contributed by atoms with van der Waals surface area (Å²) < 4.78 is 6.21. The lowest BCUT2D eigenvalue weighted by Crippen LogP contribution is -2.40. The Bertz CT molecular complexity index is 622. The zero-order valence-electron chi connectivity index (χ0n) is 11.8. The third-order valence-corrected chi connectivity index (χ3v) is 4.42. The molecule has 3 rings (SSSR count). The van der Waals surface area contributed by atoms with Crippen LogP contribution in [0.15, 0.2) is 22.7 Å². The predicted octanol–water partition coefficient (Wildman–Crippen LogP) is 2.17. The number of methoxy groups -OCH3 is 1. The highest BCUT2D eigenvalue weighted by Gasteiger charge is 2.20. The first-order valence-corrected chi connectivity index (χ1v) is 7.73. The van der Waals surface area contributed by atoms with E-state index in [0.29, 0.717) is 6.04 Å². The predicted molar refractivity (Wildman–Crippen MR) is 85.5 cm³/mol. The van der Waals surface area contributed by atoms with Gasteiger partial charge in [-0.2, -0.15) is 4.98 Å². The fraction of sp³-hybridized carbons (Fsp3) is 0.429. The number of benzene rings is 1. The number of piperidine rings is 1. The number of rotatable bonds is 3. The molecule has 0 amide bonds. The van der Waals surface area contributed by atoms with Crippen LogP contribution < -0.4 is 15.4 Å². The zero-order chi connectivity index (χ0) is 14.8. The average Bonchev–Trinajstić information content (AvgIpc) is 2.98. The minimum Gasteiger partial charge on any atom is -0.497 e. The molecule has 6 nitrogen and oxygen atoms in total. The van der Waals surface area contributed by atoms with Gasteiger partial charge in [0.1, 0.15) is 5.75 Å². The van der Waals surface area contributed by atoms with Gasteiger partial charge in [0.25, 0.3) is 0 Å². The normalized spacial score (nSPS) is 16.2. The van der Waals surface area contributed by atoms with Gasteiger partial charge in [-0.3, -0.25) is 5.10 Å². The van der Waals surface area contributed by atoms with Gasteiger partial charge in [0.2, 0.25) is 5.95 Å². The summed E-state index contributed by atoms with van der Waals surface area (Å²) in [6, 6.07) is 6.07. The highest BCUT2D eigenvalue weighted by molar-refractivity contribution is 9.10. The number of hydrogen-bond donors (Lipinski definition) is 2.